The SMILES string of the molecule is CCCCCCc1ccc(Oc2ccccc2C)cc1. The second kappa shape index (κ2) is 7.74. The lowest BCUT2D eigenvalue weighted by Gasteiger charge is -2.09. The summed E-state index contributed by atoms with van der Waals surface area (Å²) in [4.78, 5) is 0. The molecule has 0 aliphatic rings. The zero-order valence-electron chi connectivity index (χ0n) is 12.6. The van der Waals surface area contributed by atoms with Gasteiger partial charge in [0, 0.05) is 0 Å². The molecule has 0 heterocycles. The van der Waals surface area contributed by atoms with E-state index in [-0.39, 0.29) is 0 Å². The van der Waals surface area contributed by atoms with Gasteiger partial charge in [-0.2, -0.15) is 0 Å². The first-order chi connectivity index (χ1) is 9.79. The Morgan fingerprint density at radius 3 is 2.30 bits per heavy atom. The average Bonchev–Trinajstić information content (AvgIpc) is 2.48. The Hall–Kier alpha value is -1.76. The van der Waals surface area contributed by atoms with Crippen molar-refractivity contribution in [2.24, 2.45) is 0 Å². The average molecular weight is 268 g/mol. The Labute approximate surface area is 122 Å². The highest BCUT2D eigenvalue weighted by Gasteiger charge is 2.00. The Kier molecular flexibility index (Phi) is 5.67. The molecule has 0 saturated heterocycles. The molecule has 0 fully saturated rings. The molecule has 0 saturated carbocycles. The van der Waals surface area contributed by atoms with Crippen LogP contribution in [0.5, 0.6) is 11.5 Å². The van der Waals surface area contributed by atoms with Crippen LogP contribution >= 0.6 is 0 Å². The molecule has 2 aromatic rings. The molecule has 2 rings (SSSR count). The number of benzene rings is 2. The van der Waals surface area contributed by atoms with Crippen molar-refractivity contribution in [3.63, 3.8) is 0 Å². The minimum atomic E-state index is 0.914. The van der Waals surface area contributed by atoms with Gasteiger partial charge >= 0.3 is 0 Å². The fourth-order valence-corrected chi connectivity index (χ4v) is 2.28. The van der Waals surface area contributed by atoms with Gasteiger partial charge in [0.1, 0.15) is 11.5 Å². The zero-order valence-corrected chi connectivity index (χ0v) is 12.6. The number of hydrogen-bond donors (Lipinski definition) is 0. The normalized spacial score (nSPS) is 10.5. The molecular formula is C19H24O. The highest BCUT2D eigenvalue weighted by Crippen LogP contribution is 2.25. The summed E-state index contributed by atoms with van der Waals surface area (Å²) >= 11 is 0. The second-order valence-electron chi connectivity index (χ2n) is 5.32. The fourth-order valence-electron chi connectivity index (χ4n) is 2.28. The summed E-state index contributed by atoms with van der Waals surface area (Å²) in [5.41, 5.74) is 2.56. The van der Waals surface area contributed by atoms with Crippen LogP contribution in [0.25, 0.3) is 0 Å². The van der Waals surface area contributed by atoms with Crippen LogP contribution in [-0.2, 0) is 6.42 Å². The molecule has 0 amide bonds. The molecule has 0 radical (unpaired) electrons. The minimum Gasteiger partial charge on any atom is -0.457 e. The number of para-hydroxylation sites is 1. The van der Waals surface area contributed by atoms with Crippen LogP contribution in [0.4, 0.5) is 0 Å². The van der Waals surface area contributed by atoms with E-state index in [9.17, 15) is 0 Å². The Morgan fingerprint density at radius 2 is 1.60 bits per heavy atom. The van der Waals surface area contributed by atoms with Crippen molar-refractivity contribution in [1.29, 1.82) is 0 Å². The van der Waals surface area contributed by atoms with Crippen molar-refractivity contribution in [2.75, 3.05) is 0 Å². The predicted molar refractivity (Wildman–Crippen MR) is 85.5 cm³/mol. The molecule has 0 bridgehead atoms. The number of ether oxygens (including phenoxy) is 1. The summed E-state index contributed by atoms with van der Waals surface area (Å²) in [7, 11) is 0. The van der Waals surface area contributed by atoms with Gasteiger partial charge < -0.3 is 4.74 Å². The number of rotatable bonds is 7. The molecule has 2 aromatic carbocycles. The second-order valence-corrected chi connectivity index (χ2v) is 5.32. The van der Waals surface area contributed by atoms with E-state index < -0.39 is 0 Å². The van der Waals surface area contributed by atoms with Crippen LogP contribution in [0, 0.1) is 6.92 Å². The predicted octanol–water partition coefficient (Wildman–Crippen LogP) is 5.91. The van der Waals surface area contributed by atoms with E-state index in [4.69, 9.17) is 4.74 Å². The number of unbranched alkanes of at least 4 members (excludes halogenated alkanes) is 3. The maximum atomic E-state index is 5.91. The van der Waals surface area contributed by atoms with E-state index in [1.165, 1.54) is 37.7 Å². The van der Waals surface area contributed by atoms with Gasteiger partial charge in [-0.1, -0.05) is 56.5 Å². The molecular weight excluding hydrogens is 244 g/mol. The van der Waals surface area contributed by atoms with Crippen LogP contribution < -0.4 is 4.74 Å². The van der Waals surface area contributed by atoms with Gasteiger partial charge in [0.15, 0.2) is 0 Å². The van der Waals surface area contributed by atoms with E-state index in [1.807, 2.05) is 18.2 Å². The highest BCUT2D eigenvalue weighted by molar-refractivity contribution is 5.37. The topological polar surface area (TPSA) is 9.23 Å². The lowest BCUT2D eigenvalue weighted by Crippen LogP contribution is -1.89. The molecule has 0 N–H and O–H groups in total. The van der Waals surface area contributed by atoms with Gasteiger partial charge in [-0.3, -0.25) is 0 Å². The molecule has 1 heteroatoms. The fraction of sp³-hybridized carbons (Fsp3) is 0.368. The van der Waals surface area contributed by atoms with E-state index >= 15 is 0 Å². The first-order valence-corrected chi connectivity index (χ1v) is 7.62. The molecule has 0 aliphatic carbocycles. The van der Waals surface area contributed by atoms with Crippen LogP contribution in [0.3, 0.4) is 0 Å². The molecule has 1 nitrogen and oxygen atoms in total. The summed E-state index contributed by atoms with van der Waals surface area (Å²) in [6.45, 7) is 4.31. The monoisotopic (exact) mass is 268 g/mol. The van der Waals surface area contributed by atoms with E-state index in [0.717, 1.165) is 17.1 Å². The van der Waals surface area contributed by atoms with Gasteiger partial charge in [-0.15, -0.1) is 0 Å². The first-order valence-electron chi connectivity index (χ1n) is 7.62. The van der Waals surface area contributed by atoms with Crippen molar-refractivity contribution in [3.05, 3.63) is 59.7 Å². The molecule has 0 aliphatic heterocycles. The van der Waals surface area contributed by atoms with Gasteiger partial charge in [0.25, 0.3) is 0 Å². The van der Waals surface area contributed by atoms with Gasteiger partial charge in [-0.25, -0.2) is 0 Å². The van der Waals surface area contributed by atoms with Crippen molar-refractivity contribution in [1.82, 2.24) is 0 Å². The van der Waals surface area contributed by atoms with E-state index in [2.05, 4.69) is 44.2 Å². The van der Waals surface area contributed by atoms with E-state index in [1.54, 1.807) is 0 Å². The zero-order chi connectivity index (χ0) is 14.2. The van der Waals surface area contributed by atoms with Crippen molar-refractivity contribution in [3.8, 4) is 11.5 Å². The Balaban J connectivity index is 1.90. The highest BCUT2D eigenvalue weighted by atomic mass is 16.5. The van der Waals surface area contributed by atoms with Gasteiger partial charge in [-0.05, 0) is 49.1 Å². The van der Waals surface area contributed by atoms with Crippen LogP contribution in [0.15, 0.2) is 48.5 Å². The third-order valence-corrected chi connectivity index (χ3v) is 3.56. The minimum absolute atomic E-state index is 0.914. The maximum Gasteiger partial charge on any atom is 0.130 e. The quantitative estimate of drug-likeness (QED) is 0.567. The van der Waals surface area contributed by atoms with Gasteiger partial charge in [0.05, 0.1) is 0 Å². The molecule has 0 aromatic heterocycles. The van der Waals surface area contributed by atoms with Crippen LogP contribution in [0.1, 0.15) is 43.7 Å². The Morgan fingerprint density at radius 1 is 0.850 bits per heavy atom. The smallest absolute Gasteiger partial charge is 0.130 e. The lowest BCUT2D eigenvalue weighted by atomic mass is 10.1. The third-order valence-electron chi connectivity index (χ3n) is 3.56. The van der Waals surface area contributed by atoms with Crippen molar-refractivity contribution < 1.29 is 4.74 Å². The van der Waals surface area contributed by atoms with Crippen molar-refractivity contribution in [2.45, 2.75) is 46.0 Å². The third kappa shape index (κ3) is 4.41. The molecule has 0 spiro atoms. The Bertz CT molecular complexity index is 514. The summed E-state index contributed by atoms with van der Waals surface area (Å²) in [6.07, 6.45) is 6.42. The summed E-state index contributed by atoms with van der Waals surface area (Å²) < 4.78 is 5.91. The summed E-state index contributed by atoms with van der Waals surface area (Å²) in [5.74, 6) is 1.85. The molecule has 0 atom stereocenters. The molecule has 106 valence electrons. The molecule has 0 unspecified atom stereocenters. The standard InChI is InChI=1S/C19H24O/c1-3-4-5-6-10-17-12-14-18(15-13-17)20-19-11-8-7-9-16(19)2/h7-9,11-15H,3-6,10H2,1-2H3. The number of aryl methyl sites for hydroxylation is 2. The van der Waals surface area contributed by atoms with Crippen LogP contribution in [-0.4, -0.2) is 0 Å². The van der Waals surface area contributed by atoms with Crippen molar-refractivity contribution >= 4 is 0 Å². The van der Waals surface area contributed by atoms with Gasteiger partial charge in [0.2, 0.25) is 0 Å². The molecule has 20 heavy (non-hydrogen) atoms. The van der Waals surface area contributed by atoms with E-state index in [0.29, 0.717) is 0 Å². The van der Waals surface area contributed by atoms with Crippen LogP contribution in [0.2, 0.25) is 0 Å². The first kappa shape index (κ1) is 14.6. The lowest BCUT2D eigenvalue weighted by molar-refractivity contribution is 0.478. The summed E-state index contributed by atoms with van der Waals surface area (Å²) in [5, 5.41) is 0. The maximum absolute atomic E-state index is 5.91. The largest absolute Gasteiger partial charge is 0.457 e. The number of hydrogen-bond acceptors (Lipinski definition) is 1. The summed E-state index contributed by atoms with van der Waals surface area (Å²) in [6, 6.07) is 16.6.